The Bertz CT molecular complexity index is 603. The molecule has 1 N–H and O–H groups in total. The highest BCUT2D eigenvalue weighted by molar-refractivity contribution is 6.53. The zero-order valence-corrected chi connectivity index (χ0v) is 13.8. The maximum absolute atomic E-state index is 11.8. The third kappa shape index (κ3) is 3.44. The van der Waals surface area contributed by atoms with Crippen molar-refractivity contribution in [3.8, 4) is 0 Å². The number of carbonyl (C=O) groups excluding carboxylic acids is 2. The highest BCUT2D eigenvalue weighted by Crippen LogP contribution is 2.64. The molecule has 1 aliphatic rings. The second-order valence-electron chi connectivity index (χ2n) is 5.32. The minimum Gasteiger partial charge on any atom is -0.455 e. The van der Waals surface area contributed by atoms with Crippen LogP contribution in [0, 0.1) is 12.3 Å². The average molecular weight is 351 g/mol. The number of rotatable bonds is 4. The van der Waals surface area contributed by atoms with Gasteiger partial charge < -0.3 is 10.1 Å². The minimum atomic E-state index is -1.11. The van der Waals surface area contributed by atoms with Crippen LogP contribution in [0.15, 0.2) is 18.2 Å². The molecule has 0 spiro atoms. The summed E-state index contributed by atoms with van der Waals surface area (Å²) in [4.78, 5) is 23.6. The number of nitrogens with one attached hydrogen (secondary N) is 1. The van der Waals surface area contributed by atoms with Crippen LogP contribution in [0.1, 0.15) is 18.9 Å². The summed E-state index contributed by atoms with van der Waals surface area (Å²) >= 11 is 17.7. The minimum absolute atomic E-state index is 0.313. The third-order valence-corrected chi connectivity index (χ3v) is 4.86. The van der Waals surface area contributed by atoms with Crippen molar-refractivity contribution in [2.45, 2.75) is 24.6 Å². The maximum Gasteiger partial charge on any atom is 0.315 e. The molecular weight excluding hydrogens is 337 g/mol. The van der Waals surface area contributed by atoms with Gasteiger partial charge in [0.15, 0.2) is 6.61 Å². The van der Waals surface area contributed by atoms with Gasteiger partial charge in [0.1, 0.15) is 9.75 Å². The van der Waals surface area contributed by atoms with E-state index in [-0.39, 0.29) is 0 Å². The fourth-order valence-electron chi connectivity index (χ4n) is 1.82. The predicted molar refractivity (Wildman–Crippen MR) is 82.9 cm³/mol. The fraction of sp³-hybridized carbons (Fsp3) is 0.429. The van der Waals surface area contributed by atoms with Crippen molar-refractivity contribution in [3.63, 3.8) is 0 Å². The van der Waals surface area contributed by atoms with Crippen LogP contribution in [0.4, 0.5) is 5.69 Å². The van der Waals surface area contributed by atoms with E-state index in [0.717, 1.165) is 5.56 Å². The van der Waals surface area contributed by atoms with Crippen LogP contribution in [0.5, 0.6) is 0 Å². The van der Waals surface area contributed by atoms with Gasteiger partial charge in [-0.2, -0.15) is 0 Å². The first-order valence-corrected chi connectivity index (χ1v) is 7.40. The Morgan fingerprint density at radius 3 is 2.52 bits per heavy atom. The Kier molecular flexibility index (Phi) is 4.43. The number of hydrogen-bond acceptors (Lipinski definition) is 3. The van der Waals surface area contributed by atoms with Crippen LogP contribution in [0.3, 0.4) is 0 Å². The first-order valence-electron chi connectivity index (χ1n) is 6.27. The van der Waals surface area contributed by atoms with Crippen molar-refractivity contribution < 1.29 is 14.3 Å². The number of hydrogen-bond donors (Lipinski definition) is 1. The number of alkyl halides is 2. The van der Waals surface area contributed by atoms with E-state index in [1.807, 2.05) is 13.0 Å². The molecule has 1 aliphatic carbocycles. The molecule has 0 aliphatic heterocycles. The van der Waals surface area contributed by atoms with Crippen molar-refractivity contribution in [2.24, 2.45) is 5.41 Å². The fourth-order valence-corrected chi connectivity index (χ4v) is 2.79. The summed E-state index contributed by atoms with van der Waals surface area (Å²) in [5.74, 6) is -1.06. The van der Waals surface area contributed by atoms with E-state index in [9.17, 15) is 9.59 Å². The van der Waals surface area contributed by atoms with E-state index >= 15 is 0 Å². The van der Waals surface area contributed by atoms with E-state index in [1.165, 1.54) is 0 Å². The molecule has 1 amide bonds. The van der Waals surface area contributed by atoms with Crippen molar-refractivity contribution in [2.75, 3.05) is 11.9 Å². The van der Waals surface area contributed by atoms with Gasteiger partial charge in [-0.15, -0.1) is 23.2 Å². The summed E-state index contributed by atoms with van der Waals surface area (Å²) < 4.78 is 3.83. The molecule has 0 unspecified atom stereocenters. The Morgan fingerprint density at radius 2 is 2.00 bits per heavy atom. The van der Waals surface area contributed by atoms with Gasteiger partial charge in [-0.1, -0.05) is 17.7 Å². The second-order valence-corrected chi connectivity index (χ2v) is 7.21. The number of benzene rings is 1. The molecular formula is C14H14Cl3NO3. The van der Waals surface area contributed by atoms with E-state index in [1.54, 1.807) is 19.1 Å². The normalized spacial score (nSPS) is 22.5. The SMILES string of the molecule is Cc1ccc(NC(=O)COC(=O)[C@]2(C)CC2(Cl)Cl)c(Cl)c1. The highest BCUT2D eigenvalue weighted by atomic mass is 35.5. The quantitative estimate of drug-likeness (QED) is 0.665. The largest absolute Gasteiger partial charge is 0.455 e. The molecule has 0 bridgehead atoms. The molecule has 1 atom stereocenters. The third-order valence-electron chi connectivity index (χ3n) is 3.44. The van der Waals surface area contributed by atoms with Crippen molar-refractivity contribution >= 4 is 52.4 Å². The van der Waals surface area contributed by atoms with Crippen LogP contribution in [-0.2, 0) is 14.3 Å². The van der Waals surface area contributed by atoms with Crippen LogP contribution in [-0.4, -0.2) is 22.8 Å². The van der Waals surface area contributed by atoms with Gasteiger partial charge in [0.25, 0.3) is 5.91 Å². The number of ether oxygens (including phenoxy) is 1. The van der Waals surface area contributed by atoms with Crippen LogP contribution in [0.25, 0.3) is 0 Å². The number of anilines is 1. The highest BCUT2D eigenvalue weighted by Gasteiger charge is 2.69. The van der Waals surface area contributed by atoms with E-state index in [2.05, 4.69) is 5.32 Å². The maximum atomic E-state index is 11.8. The summed E-state index contributed by atoms with van der Waals surface area (Å²) in [5, 5.41) is 2.99. The topological polar surface area (TPSA) is 55.4 Å². The van der Waals surface area contributed by atoms with Crippen LogP contribution >= 0.6 is 34.8 Å². The second kappa shape index (κ2) is 5.67. The Labute approximate surface area is 137 Å². The lowest BCUT2D eigenvalue weighted by Gasteiger charge is -2.12. The molecule has 1 aromatic rings. The lowest BCUT2D eigenvalue weighted by Crippen LogP contribution is -2.26. The Morgan fingerprint density at radius 1 is 1.38 bits per heavy atom. The van der Waals surface area contributed by atoms with E-state index in [0.29, 0.717) is 17.1 Å². The number of carbonyl (C=O) groups is 2. The van der Waals surface area contributed by atoms with Crippen molar-refractivity contribution in [3.05, 3.63) is 28.8 Å². The van der Waals surface area contributed by atoms with Crippen LogP contribution in [0.2, 0.25) is 5.02 Å². The lowest BCUT2D eigenvalue weighted by atomic mass is 10.1. The van der Waals surface area contributed by atoms with Crippen molar-refractivity contribution in [1.82, 2.24) is 0 Å². The summed E-state index contributed by atoms with van der Waals surface area (Å²) in [5.41, 5.74) is 0.495. The number of esters is 1. The smallest absolute Gasteiger partial charge is 0.315 e. The molecule has 1 aromatic carbocycles. The number of amides is 1. The molecule has 0 heterocycles. The number of halogens is 3. The van der Waals surface area contributed by atoms with Crippen molar-refractivity contribution in [1.29, 1.82) is 0 Å². The zero-order chi connectivity index (χ0) is 15.8. The van der Waals surface area contributed by atoms with Gasteiger partial charge in [-0.05, 0) is 31.5 Å². The molecule has 0 aromatic heterocycles. The molecule has 2 rings (SSSR count). The molecule has 1 saturated carbocycles. The van der Waals surface area contributed by atoms with Gasteiger partial charge in [-0.3, -0.25) is 9.59 Å². The summed E-state index contributed by atoms with van der Waals surface area (Å²) in [6.45, 7) is 3.08. The molecule has 114 valence electrons. The summed E-state index contributed by atoms with van der Waals surface area (Å²) in [7, 11) is 0. The molecule has 0 saturated heterocycles. The van der Waals surface area contributed by atoms with Crippen LogP contribution < -0.4 is 5.32 Å². The average Bonchev–Trinajstić information content (AvgIpc) is 2.90. The predicted octanol–water partition coefficient (Wildman–Crippen LogP) is 3.71. The van der Waals surface area contributed by atoms with Gasteiger partial charge in [-0.25, -0.2) is 0 Å². The van der Waals surface area contributed by atoms with Gasteiger partial charge >= 0.3 is 5.97 Å². The Hall–Kier alpha value is -0.970. The molecule has 0 radical (unpaired) electrons. The number of aryl methyl sites for hydroxylation is 1. The molecule has 4 nitrogen and oxygen atoms in total. The van der Waals surface area contributed by atoms with E-state index < -0.39 is 28.2 Å². The van der Waals surface area contributed by atoms with Gasteiger partial charge in [0.05, 0.1) is 10.7 Å². The zero-order valence-electron chi connectivity index (χ0n) is 11.5. The summed E-state index contributed by atoms with van der Waals surface area (Å²) in [6.07, 6.45) is 0.313. The molecule has 1 fully saturated rings. The van der Waals surface area contributed by atoms with E-state index in [4.69, 9.17) is 39.5 Å². The molecule has 21 heavy (non-hydrogen) atoms. The monoisotopic (exact) mass is 349 g/mol. The van der Waals surface area contributed by atoms with Gasteiger partial charge in [0, 0.05) is 6.42 Å². The van der Waals surface area contributed by atoms with Gasteiger partial charge in [0.2, 0.25) is 0 Å². The Balaban J connectivity index is 1.87. The lowest BCUT2D eigenvalue weighted by molar-refractivity contribution is -0.152. The summed E-state index contributed by atoms with van der Waals surface area (Å²) in [6, 6.07) is 5.22. The standard InChI is InChI=1S/C14H14Cl3NO3/c1-8-3-4-10(9(15)5-8)18-11(19)6-21-12(20)13(2)7-14(13,16)17/h3-5H,6-7H2,1-2H3,(H,18,19)/t13-/m0/s1. The first kappa shape index (κ1) is 16.4. The molecule has 7 heteroatoms. The first-order chi connectivity index (χ1) is 9.65.